The largest absolute Gasteiger partial charge is 0.497 e. The van der Waals surface area contributed by atoms with Crippen molar-refractivity contribution in [2.24, 2.45) is 0 Å². The number of benzene rings is 2. The fraction of sp³-hybridized carbons (Fsp3) is 0.350. The molecule has 0 saturated heterocycles. The lowest BCUT2D eigenvalue weighted by atomic mass is 10.0. The second-order valence-corrected chi connectivity index (χ2v) is 8.41. The van der Waals surface area contributed by atoms with E-state index in [2.05, 4.69) is 5.32 Å². The van der Waals surface area contributed by atoms with Gasteiger partial charge in [0, 0.05) is 12.6 Å². The molecule has 7 heteroatoms. The molecule has 27 heavy (non-hydrogen) atoms. The summed E-state index contributed by atoms with van der Waals surface area (Å²) in [6.07, 6.45) is 0.744. The number of nitrogens with zero attached hydrogens (tertiary/aromatic N) is 1. The highest BCUT2D eigenvalue weighted by Crippen LogP contribution is 2.22. The van der Waals surface area contributed by atoms with Crippen LogP contribution in [-0.4, -0.2) is 34.2 Å². The molecule has 0 spiro atoms. The maximum atomic E-state index is 12.6. The molecule has 2 aromatic carbocycles. The molecule has 0 aliphatic rings. The van der Waals surface area contributed by atoms with E-state index in [0.717, 1.165) is 17.7 Å². The molecule has 6 nitrogen and oxygen atoms in total. The maximum Gasteiger partial charge on any atom is 0.251 e. The van der Waals surface area contributed by atoms with Crippen LogP contribution < -0.4 is 14.4 Å². The van der Waals surface area contributed by atoms with Crippen molar-refractivity contribution in [3.8, 4) is 5.75 Å². The van der Waals surface area contributed by atoms with Gasteiger partial charge in [-0.3, -0.25) is 9.10 Å². The van der Waals surface area contributed by atoms with Crippen LogP contribution in [0.4, 0.5) is 5.69 Å². The zero-order chi connectivity index (χ0) is 20.0. The normalized spacial score (nSPS) is 12.3. The number of carbonyl (C=O) groups excluding carboxylic acids is 1. The van der Waals surface area contributed by atoms with Crippen LogP contribution in [0.15, 0.2) is 48.5 Å². The highest BCUT2D eigenvalue weighted by Gasteiger charge is 2.17. The summed E-state index contributed by atoms with van der Waals surface area (Å²) in [5.74, 6) is 0.582. The van der Waals surface area contributed by atoms with Crippen molar-refractivity contribution in [3.63, 3.8) is 0 Å². The molecule has 2 rings (SSSR count). The van der Waals surface area contributed by atoms with E-state index in [4.69, 9.17) is 4.74 Å². The Hall–Kier alpha value is -2.54. The molecule has 0 aliphatic carbocycles. The Labute approximate surface area is 161 Å². The minimum atomic E-state index is -3.33. The summed E-state index contributed by atoms with van der Waals surface area (Å²) in [4.78, 5) is 12.6. The number of methoxy groups -OCH3 is 1. The highest BCUT2D eigenvalue weighted by atomic mass is 32.2. The molecule has 146 valence electrons. The first-order valence-corrected chi connectivity index (χ1v) is 10.4. The van der Waals surface area contributed by atoms with Gasteiger partial charge in [0.05, 0.1) is 24.6 Å². The Morgan fingerprint density at radius 1 is 1.07 bits per heavy atom. The van der Waals surface area contributed by atoms with E-state index in [-0.39, 0.29) is 17.7 Å². The Morgan fingerprint density at radius 3 is 2.15 bits per heavy atom. The minimum absolute atomic E-state index is 0.0196. The molecule has 0 fully saturated rings. The van der Waals surface area contributed by atoms with E-state index >= 15 is 0 Å². The molecule has 1 N–H and O–H groups in total. The molecule has 0 aliphatic heterocycles. The molecule has 2 aromatic rings. The van der Waals surface area contributed by atoms with Crippen molar-refractivity contribution < 1.29 is 17.9 Å². The lowest BCUT2D eigenvalue weighted by Crippen LogP contribution is -2.29. The standard InChI is InChI=1S/C20H26N2O4S/c1-5-19(15-9-13-18(26-4)14-10-15)21-20(23)16-7-11-17(12-8-16)22(3)27(24,25)6-2/h7-14,19H,5-6H2,1-4H3,(H,21,23)/t19-/m1/s1. The van der Waals surface area contributed by atoms with Gasteiger partial charge >= 0.3 is 0 Å². The van der Waals surface area contributed by atoms with Gasteiger partial charge in [-0.05, 0) is 55.3 Å². The van der Waals surface area contributed by atoms with Crippen LogP contribution in [0.3, 0.4) is 0 Å². The number of rotatable bonds is 8. The smallest absolute Gasteiger partial charge is 0.251 e. The third-order valence-electron chi connectivity index (χ3n) is 4.51. The first kappa shape index (κ1) is 20.8. The lowest BCUT2D eigenvalue weighted by Gasteiger charge is -2.20. The van der Waals surface area contributed by atoms with E-state index in [1.165, 1.54) is 11.4 Å². The quantitative estimate of drug-likeness (QED) is 0.750. The molecule has 0 aromatic heterocycles. The van der Waals surface area contributed by atoms with Crippen LogP contribution in [-0.2, 0) is 10.0 Å². The summed E-state index contributed by atoms with van der Waals surface area (Å²) in [6, 6.07) is 14.0. The van der Waals surface area contributed by atoms with Crippen molar-refractivity contribution in [2.75, 3.05) is 24.2 Å². The summed E-state index contributed by atoms with van der Waals surface area (Å²) < 4.78 is 30.3. The van der Waals surface area contributed by atoms with Gasteiger partial charge in [0.1, 0.15) is 5.75 Å². The second-order valence-electron chi connectivity index (χ2n) is 6.12. The van der Waals surface area contributed by atoms with E-state index < -0.39 is 10.0 Å². The summed E-state index contributed by atoms with van der Waals surface area (Å²) >= 11 is 0. The van der Waals surface area contributed by atoms with E-state index in [1.807, 2.05) is 31.2 Å². The van der Waals surface area contributed by atoms with Crippen molar-refractivity contribution in [1.29, 1.82) is 0 Å². The number of ether oxygens (including phenoxy) is 1. The lowest BCUT2D eigenvalue weighted by molar-refractivity contribution is 0.0935. The van der Waals surface area contributed by atoms with Crippen molar-refractivity contribution in [2.45, 2.75) is 26.3 Å². The van der Waals surface area contributed by atoms with Crippen molar-refractivity contribution >= 4 is 21.6 Å². The highest BCUT2D eigenvalue weighted by molar-refractivity contribution is 7.92. The van der Waals surface area contributed by atoms with Gasteiger partial charge in [-0.15, -0.1) is 0 Å². The van der Waals surface area contributed by atoms with Crippen LogP contribution in [0.1, 0.15) is 42.2 Å². The molecule has 0 saturated carbocycles. The topological polar surface area (TPSA) is 75.7 Å². The number of nitrogens with one attached hydrogen (secondary N) is 1. The van der Waals surface area contributed by atoms with Gasteiger partial charge in [-0.25, -0.2) is 8.42 Å². The monoisotopic (exact) mass is 390 g/mol. The number of carbonyl (C=O) groups is 1. The summed E-state index contributed by atoms with van der Waals surface area (Å²) in [5, 5.41) is 3.02. The predicted octanol–water partition coefficient (Wildman–Crippen LogP) is 3.36. The fourth-order valence-electron chi connectivity index (χ4n) is 2.68. The van der Waals surface area contributed by atoms with Crippen LogP contribution >= 0.6 is 0 Å². The Bertz CT molecular complexity index is 862. The number of hydrogen-bond acceptors (Lipinski definition) is 4. The fourth-order valence-corrected chi connectivity index (χ4v) is 3.51. The van der Waals surface area contributed by atoms with Crippen LogP contribution in [0.5, 0.6) is 5.75 Å². The predicted molar refractivity (Wildman–Crippen MR) is 108 cm³/mol. The van der Waals surface area contributed by atoms with Gasteiger partial charge < -0.3 is 10.1 Å². The summed E-state index contributed by atoms with van der Waals surface area (Å²) in [7, 11) is -0.210. The third kappa shape index (κ3) is 5.01. The molecule has 0 unspecified atom stereocenters. The SMILES string of the molecule is CC[C@@H](NC(=O)c1ccc(N(C)S(=O)(=O)CC)cc1)c1ccc(OC)cc1. The zero-order valence-electron chi connectivity index (χ0n) is 16.1. The van der Waals surface area contributed by atoms with Gasteiger partial charge in [0.2, 0.25) is 10.0 Å². The minimum Gasteiger partial charge on any atom is -0.497 e. The first-order valence-electron chi connectivity index (χ1n) is 8.83. The molecular formula is C20H26N2O4S. The number of amides is 1. The number of sulfonamides is 1. The Kier molecular flexibility index (Phi) is 6.85. The Morgan fingerprint density at radius 2 is 1.67 bits per heavy atom. The first-order chi connectivity index (χ1) is 12.8. The molecule has 1 amide bonds. The van der Waals surface area contributed by atoms with E-state index in [1.54, 1.807) is 38.3 Å². The van der Waals surface area contributed by atoms with Gasteiger partial charge in [-0.1, -0.05) is 19.1 Å². The van der Waals surface area contributed by atoms with Gasteiger partial charge in [-0.2, -0.15) is 0 Å². The van der Waals surface area contributed by atoms with Gasteiger partial charge in [0.15, 0.2) is 0 Å². The number of anilines is 1. The van der Waals surface area contributed by atoms with Crippen molar-refractivity contribution in [1.82, 2.24) is 5.32 Å². The van der Waals surface area contributed by atoms with Crippen LogP contribution in [0.25, 0.3) is 0 Å². The molecule has 0 bridgehead atoms. The van der Waals surface area contributed by atoms with E-state index in [9.17, 15) is 13.2 Å². The van der Waals surface area contributed by atoms with Crippen LogP contribution in [0, 0.1) is 0 Å². The average molecular weight is 391 g/mol. The van der Waals surface area contributed by atoms with Gasteiger partial charge in [0.25, 0.3) is 5.91 Å². The van der Waals surface area contributed by atoms with Crippen molar-refractivity contribution in [3.05, 3.63) is 59.7 Å². The molecule has 0 radical (unpaired) electrons. The molecule has 0 heterocycles. The molecular weight excluding hydrogens is 364 g/mol. The summed E-state index contributed by atoms with van der Waals surface area (Å²) in [6.45, 7) is 3.60. The second kappa shape index (κ2) is 8.90. The average Bonchev–Trinajstić information content (AvgIpc) is 2.71. The Balaban J connectivity index is 2.12. The number of hydrogen-bond donors (Lipinski definition) is 1. The van der Waals surface area contributed by atoms with E-state index in [0.29, 0.717) is 11.3 Å². The maximum absolute atomic E-state index is 12.6. The zero-order valence-corrected chi connectivity index (χ0v) is 16.9. The summed E-state index contributed by atoms with van der Waals surface area (Å²) in [5.41, 5.74) is 2.00. The molecule has 1 atom stereocenters. The third-order valence-corrected chi connectivity index (χ3v) is 6.28. The van der Waals surface area contributed by atoms with Crippen LogP contribution in [0.2, 0.25) is 0 Å².